The highest BCUT2D eigenvalue weighted by molar-refractivity contribution is 7.84. The van der Waals surface area contributed by atoms with Crippen molar-refractivity contribution in [2.75, 3.05) is 18.1 Å². The standard InChI is InChI=1S/C11H15ClFNOS/c1-2-16(15)4-3-14-8-9-5-10(12)7-11(13)6-9/h5-7,14H,2-4,8H2,1H3. The number of hydrogen-bond donors (Lipinski definition) is 1. The van der Waals surface area contributed by atoms with Crippen molar-refractivity contribution in [3.8, 4) is 0 Å². The largest absolute Gasteiger partial charge is 0.312 e. The molecule has 0 spiro atoms. The van der Waals surface area contributed by atoms with E-state index >= 15 is 0 Å². The molecule has 16 heavy (non-hydrogen) atoms. The van der Waals surface area contributed by atoms with Crippen LogP contribution in [-0.4, -0.2) is 22.3 Å². The zero-order chi connectivity index (χ0) is 12.0. The smallest absolute Gasteiger partial charge is 0.125 e. The Labute approximate surface area is 103 Å². The van der Waals surface area contributed by atoms with Gasteiger partial charge < -0.3 is 5.32 Å². The third kappa shape index (κ3) is 5.05. The van der Waals surface area contributed by atoms with Crippen LogP contribution in [-0.2, 0) is 17.3 Å². The van der Waals surface area contributed by atoms with Gasteiger partial charge in [-0.15, -0.1) is 0 Å². The molecule has 0 aliphatic heterocycles. The van der Waals surface area contributed by atoms with Crippen LogP contribution in [0.25, 0.3) is 0 Å². The predicted molar refractivity (Wildman–Crippen MR) is 66.7 cm³/mol. The fraction of sp³-hybridized carbons (Fsp3) is 0.455. The van der Waals surface area contributed by atoms with Crippen molar-refractivity contribution in [2.45, 2.75) is 13.5 Å². The summed E-state index contributed by atoms with van der Waals surface area (Å²) in [5.74, 6) is 0.967. The minimum Gasteiger partial charge on any atom is -0.312 e. The van der Waals surface area contributed by atoms with E-state index in [1.54, 1.807) is 6.07 Å². The summed E-state index contributed by atoms with van der Waals surface area (Å²) in [5.41, 5.74) is 0.798. The van der Waals surface area contributed by atoms with E-state index in [9.17, 15) is 8.60 Å². The normalized spacial score (nSPS) is 12.7. The third-order valence-corrected chi connectivity index (χ3v) is 3.60. The lowest BCUT2D eigenvalue weighted by atomic mass is 10.2. The van der Waals surface area contributed by atoms with Crippen molar-refractivity contribution in [3.05, 3.63) is 34.6 Å². The lowest BCUT2D eigenvalue weighted by molar-refractivity contribution is 0.621. The van der Waals surface area contributed by atoms with Crippen LogP contribution in [0.1, 0.15) is 12.5 Å². The average molecular weight is 264 g/mol. The molecule has 90 valence electrons. The first-order chi connectivity index (χ1) is 7.61. The lowest BCUT2D eigenvalue weighted by Gasteiger charge is -2.05. The monoisotopic (exact) mass is 263 g/mol. The van der Waals surface area contributed by atoms with E-state index in [2.05, 4.69) is 5.32 Å². The number of nitrogens with one attached hydrogen (secondary N) is 1. The van der Waals surface area contributed by atoms with E-state index in [0.717, 1.165) is 5.56 Å². The molecule has 1 rings (SSSR count). The molecule has 0 saturated heterocycles. The Morgan fingerprint density at radius 1 is 1.44 bits per heavy atom. The van der Waals surface area contributed by atoms with Crippen LogP contribution >= 0.6 is 11.6 Å². The Balaban J connectivity index is 2.34. The minimum absolute atomic E-state index is 0.332. The molecule has 5 heteroatoms. The summed E-state index contributed by atoms with van der Waals surface area (Å²) in [7, 11) is -0.756. The van der Waals surface area contributed by atoms with Crippen molar-refractivity contribution < 1.29 is 8.60 Å². The van der Waals surface area contributed by atoms with Gasteiger partial charge in [-0.2, -0.15) is 0 Å². The summed E-state index contributed by atoms with van der Waals surface area (Å²) in [4.78, 5) is 0. The quantitative estimate of drug-likeness (QED) is 0.799. The van der Waals surface area contributed by atoms with Crippen LogP contribution in [0.5, 0.6) is 0 Å². The molecule has 0 fully saturated rings. The van der Waals surface area contributed by atoms with Crippen molar-refractivity contribution in [3.63, 3.8) is 0 Å². The SMILES string of the molecule is CCS(=O)CCNCc1cc(F)cc(Cl)c1. The van der Waals surface area contributed by atoms with Gasteiger partial charge in [-0.3, -0.25) is 4.21 Å². The van der Waals surface area contributed by atoms with Crippen LogP contribution in [0, 0.1) is 5.82 Å². The third-order valence-electron chi connectivity index (χ3n) is 2.08. The van der Waals surface area contributed by atoms with E-state index < -0.39 is 10.8 Å². The van der Waals surface area contributed by atoms with E-state index in [0.29, 0.717) is 29.6 Å². The van der Waals surface area contributed by atoms with Gasteiger partial charge in [-0.25, -0.2) is 4.39 Å². The van der Waals surface area contributed by atoms with E-state index in [1.807, 2.05) is 6.92 Å². The van der Waals surface area contributed by atoms with E-state index in [4.69, 9.17) is 11.6 Å². The highest BCUT2D eigenvalue weighted by Crippen LogP contribution is 2.13. The number of rotatable bonds is 6. The minimum atomic E-state index is -0.756. The molecule has 1 unspecified atom stereocenters. The number of benzene rings is 1. The summed E-state index contributed by atoms with van der Waals surface area (Å²) in [6.45, 7) is 3.09. The Morgan fingerprint density at radius 2 is 2.19 bits per heavy atom. The van der Waals surface area contributed by atoms with Gasteiger partial charge >= 0.3 is 0 Å². The second-order valence-electron chi connectivity index (χ2n) is 3.39. The van der Waals surface area contributed by atoms with Gasteiger partial charge in [0.25, 0.3) is 0 Å². The molecule has 0 bridgehead atoms. The summed E-state index contributed by atoms with van der Waals surface area (Å²) >= 11 is 5.72. The second-order valence-corrected chi connectivity index (χ2v) is 5.69. The maximum absolute atomic E-state index is 13.0. The first kappa shape index (κ1) is 13.6. The molecule has 0 saturated carbocycles. The van der Waals surface area contributed by atoms with E-state index in [1.165, 1.54) is 12.1 Å². The summed E-state index contributed by atoms with van der Waals surface area (Å²) in [6.07, 6.45) is 0. The Bertz CT molecular complexity index is 353. The summed E-state index contributed by atoms with van der Waals surface area (Å²) in [5, 5.41) is 3.50. The zero-order valence-electron chi connectivity index (χ0n) is 9.13. The maximum atomic E-state index is 13.0. The molecule has 0 aliphatic rings. The van der Waals surface area contributed by atoms with Gasteiger partial charge in [0.1, 0.15) is 5.82 Å². The molecule has 1 atom stereocenters. The van der Waals surface area contributed by atoms with Crippen LogP contribution in [0.2, 0.25) is 5.02 Å². The molecule has 0 radical (unpaired) electrons. The average Bonchev–Trinajstić information content (AvgIpc) is 2.22. The van der Waals surface area contributed by atoms with E-state index in [-0.39, 0.29) is 5.82 Å². The van der Waals surface area contributed by atoms with Crippen LogP contribution in [0.4, 0.5) is 4.39 Å². The summed E-state index contributed by atoms with van der Waals surface area (Å²) in [6, 6.07) is 4.43. The van der Waals surface area contributed by atoms with Crippen molar-refractivity contribution in [2.24, 2.45) is 0 Å². The molecular weight excluding hydrogens is 249 g/mol. The number of halogens is 2. The van der Waals surface area contributed by atoms with Gasteiger partial charge in [0.05, 0.1) is 0 Å². The number of hydrogen-bond acceptors (Lipinski definition) is 2. The predicted octanol–water partition coefficient (Wildman–Crippen LogP) is 2.34. The first-order valence-corrected chi connectivity index (χ1v) is 6.99. The molecule has 0 aromatic heterocycles. The maximum Gasteiger partial charge on any atom is 0.125 e. The van der Waals surface area contributed by atoms with Crippen LogP contribution < -0.4 is 5.32 Å². The molecule has 1 aromatic rings. The Hall–Kier alpha value is -0.450. The fourth-order valence-electron chi connectivity index (χ4n) is 1.28. The van der Waals surface area contributed by atoms with Gasteiger partial charge in [-0.1, -0.05) is 18.5 Å². The van der Waals surface area contributed by atoms with Gasteiger partial charge in [-0.05, 0) is 23.8 Å². The van der Waals surface area contributed by atoms with Crippen LogP contribution in [0.15, 0.2) is 18.2 Å². The fourth-order valence-corrected chi connectivity index (χ4v) is 2.18. The Morgan fingerprint density at radius 3 is 2.81 bits per heavy atom. The van der Waals surface area contributed by atoms with Gasteiger partial charge in [0, 0.05) is 40.4 Å². The van der Waals surface area contributed by atoms with Gasteiger partial charge in [0.15, 0.2) is 0 Å². The van der Waals surface area contributed by atoms with Crippen LogP contribution in [0.3, 0.4) is 0 Å². The molecule has 0 aliphatic carbocycles. The molecule has 1 aromatic carbocycles. The molecule has 1 N–H and O–H groups in total. The molecular formula is C11H15ClFNOS. The van der Waals surface area contributed by atoms with Crippen molar-refractivity contribution in [1.82, 2.24) is 5.32 Å². The van der Waals surface area contributed by atoms with Gasteiger partial charge in [0.2, 0.25) is 0 Å². The summed E-state index contributed by atoms with van der Waals surface area (Å²) < 4.78 is 24.1. The highest BCUT2D eigenvalue weighted by atomic mass is 35.5. The lowest BCUT2D eigenvalue weighted by Crippen LogP contribution is -2.20. The van der Waals surface area contributed by atoms with Crippen molar-refractivity contribution in [1.29, 1.82) is 0 Å². The second kappa shape index (κ2) is 6.99. The highest BCUT2D eigenvalue weighted by Gasteiger charge is 2.00. The topological polar surface area (TPSA) is 29.1 Å². The zero-order valence-corrected chi connectivity index (χ0v) is 10.7. The molecule has 2 nitrogen and oxygen atoms in total. The molecule has 0 amide bonds. The first-order valence-electron chi connectivity index (χ1n) is 5.12. The Kier molecular flexibility index (Phi) is 5.95. The molecule has 0 heterocycles. The van der Waals surface area contributed by atoms with Crippen molar-refractivity contribution >= 4 is 22.4 Å².